The van der Waals surface area contributed by atoms with Crippen molar-refractivity contribution in [2.45, 2.75) is 10.4 Å². The highest BCUT2D eigenvalue weighted by Gasteiger charge is 2.46. The van der Waals surface area contributed by atoms with E-state index in [1.165, 1.54) is 19.2 Å². The van der Waals surface area contributed by atoms with Gasteiger partial charge >= 0.3 is 5.51 Å². The van der Waals surface area contributed by atoms with Crippen molar-refractivity contribution < 1.29 is 26.3 Å². The van der Waals surface area contributed by atoms with Crippen LogP contribution in [-0.2, 0) is 14.6 Å². The molecule has 0 spiro atoms. The number of sulfone groups is 1. The summed E-state index contributed by atoms with van der Waals surface area (Å²) in [4.78, 5) is 1.02. The van der Waals surface area contributed by atoms with E-state index in [4.69, 9.17) is 10.5 Å². The van der Waals surface area contributed by atoms with Gasteiger partial charge in [0.05, 0.1) is 11.5 Å². The van der Waals surface area contributed by atoms with Crippen LogP contribution in [0.15, 0.2) is 29.2 Å². The molecule has 0 aliphatic carbocycles. The molecule has 0 unspecified atom stereocenters. The van der Waals surface area contributed by atoms with Crippen LogP contribution in [-0.4, -0.2) is 47.3 Å². The number of hydrogen-bond acceptors (Lipinski definition) is 5. The first-order valence-corrected chi connectivity index (χ1v) is 7.57. The number of benzene rings is 1. The van der Waals surface area contributed by atoms with Gasteiger partial charge < -0.3 is 15.4 Å². The van der Waals surface area contributed by atoms with Crippen molar-refractivity contribution in [3.8, 4) is 0 Å². The lowest BCUT2D eigenvalue weighted by Crippen LogP contribution is -2.32. The van der Waals surface area contributed by atoms with Crippen LogP contribution in [0, 0.1) is 0 Å². The molecule has 0 aliphatic rings. The third-order valence-electron chi connectivity index (χ3n) is 2.78. The van der Waals surface area contributed by atoms with Crippen molar-refractivity contribution in [3.05, 3.63) is 24.3 Å². The summed E-state index contributed by atoms with van der Waals surface area (Å²) >= 11 is 0. The second kappa shape index (κ2) is 7.10. The van der Waals surface area contributed by atoms with E-state index in [0.717, 1.165) is 12.1 Å². The van der Waals surface area contributed by atoms with Gasteiger partial charge in [-0.3, -0.25) is 0 Å². The molecule has 21 heavy (non-hydrogen) atoms. The quantitative estimate of drug-likeness (QED) is 0.820. The summed E-state index contributed by atoms with van der Waals surface area (Å²) in [6, 6.07) is 4.52. The summed E-state index contributed by atoms with van der Waals surface area (Å²) in [6.07, 6.45) is 0. The number of nitrogens with zero attached hydrogens (tertiary/aromatic N) is 1. The average Bonchev–Trinajstić information content (AvgIpc) is 2.42. The van der Waals surface area contributed by atoms with E-state index < -0.39 is 20.2 Å². The van der Waals surface area contributed by atoms with Gasteiger partial charge in [0.15, 0.2) is 0 Å². The molecule has 1 aromatic carbocycles. The van der Waals surface area contributed by atoms with E-state index in [0.29, 0.717) is 31.9 Å². The van der Waals surface area contributed by atoms with Crippen molar-refractivity contribution >= 4 is 15.5 Å². The normalized spacial score (nSPS) is 12.4. The second-order valence-electron chi connectivity index (χ2n) is 4.21. The molecule has 1 rings (SSSR count). The first-order valence-electron chi connectivity index (χ1n) is 6.09. The summed E-state index contributed by atoms with van der Waals surface area (Å²) in [5, 5.41) is 0. The Kier molecular flexibility index (Phi) is 5.99. The standard InChI is InChI=1S/C12H17F3N2O3S/c1-20-9-8-17(7-6-16)10-2-4-11(5-3-10)21(18,19)12(13,14)15/h2-5H,6-9,16H2,1H3. The fourth-order valence-electron chi connectivity index (χ4n) is 1.70. The zero-order chi connectivity index (χ0) is 16.1. The number of nitrogens with two attached hydrogens (primary N) is 1. The number of hydrogen-bond donors (Lipinski definition) is 1. The van der Waals surface area contributed by atoms with Gasteiger partial charge in [0.1, 0.15) is 0 Å². The Morgan fingerprint density at radius 3 is 2.19 bits per heavy atom. The fraction of sp³-hybridized carbons (Fsp3) is 0.500. The molecule has 9 heteroatoms. The summed E-state index contributed by atoms with van der Waals surface area (Å²) in [7, 11) is -3.79. The van der Waals surface area contributed by atoms with Gasteiger partial charge in [0, 0.05) is 32.4 Å². The molecule has 0 saturated heterocycles. The summed E-state index contributed by atoms with van der Waals surface area (Å²) in [6.45, 7) is 1.75. The van der Waals surface area contributed by atoms with Crippen LogP contribution >= 0.6 is 0 Å². The van der Waals surface area contributed by atoms with Gasteiger partial charge in [-0.1, -0.05) is 0 Å². The monoisotopic (exact) mass is 326 g/mol. The lowest BCUT2D eigenvalue weighted by Gasteiger charge is -2.24. The SMILES string of the molecule is COCCN(CCN)c1ccc(S(=O)(=O)C(F)(F)F)cc1. The molecule has 5 nitrogen and oxygen atoms in total. The summed E-state index contributed by atoms with van der Waals surface area (Å²) < 4.78 is 64.7. The van der Waals surface area contributed by atoms with E-state index >= 15 is 0 Å². The van der Waals surface area contributed by atoms with E-state index in [9.17, 15) is 21.6 Å². The van der Waals surface area contributed by atoms with Gasteiger partial charge in [0.2, 0.25) is 0 Å². The zero-order valence-electron chi connectivity index (χ0n) is 11.4. The van der Waals surface area contributed by atoms with Crippen molar-refractivity contribution in [1.29, 1.82) is 0 Å². The van der Waals surface area contributed by atoms with E-state index in [1.807, 2.05) is 0 Å². The third-order valence-corrected chi connectivity index (χ3v) is 4.28. The van der Waals surface area contributed by atoms with Crippen LogP contribution in [0.1, 0.15) is 0 Å². The third kappa shape index (κ3) is 4.32. The molecular formula is C12H17F3N2O3S. The van der Waals surface area contributed by atoms with Crippen molar-refractivity contribution in [2.75, 3.05) is 38.3 Å². The maximum absolute atomic E-state index is 12.4. The number of ether oxygens (including phenoxy) is 1. The summed E-state index contributed by atoms with van der Waals surface area (Å²) in [5.41, 5.74) is 0.746. The van der Waals surface area contributed by atoms with Crippen LogP contribution in [0.2, 0.25) is 0 Å². The minimum Gasteiger partial charge on any atom is -0.383 e. The predicted molar refractivity (Wildman–Crippen MR) is 72.8 cm³/mol. The first-order chi connectivity index (χ1) is 9.74. The molecule has 0 atom stereocenters. The minimum atomic E-state index is -5.32. The molecule has 0 bridgehead atoms. The Bertz CT molecular complexity index is 544. The van der Waals surface area contributed by atoms with Crippen LogP contribution in [0.5, 0.6) is 0 Å². The zero-order valence-corrected chi connectivity index (χ0v) is 12.2. The molecule has 1 aromatic rings. The summed E-state index contributed by atoms with van der Waals surface area (Å²) in [5.74, 6) is 0. The molecule has 0 heterocycles. The lowest BCUT2D eigenvalue weighted by molar-refractivity contribution is -0.0436. The molecule has 0 aromatic heterocycles. The van der Waals surface area contributed by atoms with Gasteiger partial charge in [-0.25, -0.2) is 8.42 Å². The largest absolute Gasteiger partial charge is 0.501 e. The number of anilines is 1. The Labute approximate surface area is 121 Å². The molecule has 0 aliphatic heterocycles. The van der Waals surface area contributed by atoms with Gasteiger partial charge in [-0.2, -0.15) is 13.2 Å². The van der Waals surface area contributed by atoms with Crippen molar-refractivity contribution in [3.63, 3.8) is 0 Å². The highest BCUT2D eigenvalue weighted by atomic mass is 32.2. The van der Waals surface area contributed by atoms with Crippen molar-refractivity contribution in [1.82, 2.24) is 0 Å². The predicted octanol–water partition coefficient (Wildman–Crippen LogP) is 1.39. The second-order valence-corrected chi connectivity index (χ2v) is 6.15. The van der Waals surface area contributed by atoms with Gasteiger partial charge in [0.25, 0.3) is 9.84 Å². The van der Waals surface area contributed by atoms with Gasteiger partial charge in [-0.05, 0) is 24.3 Å². The van der Waals surface area contributed by atoms with E-state index in [2.05, 4.69) is 0 Å². The molecule has 0 fully saturated rings. The van der Waals surface area contributed by atoms with Crippen LogP contribution in [0.3, 0.4) is 0 Å². The molecule has 120 valence electrons. The maximum atomic E-state index is 12.4. The lowest BCUT2D eigenvalue weighted by atomic mass is 10.3. The Morgan fingerprint density at radius 1 is 1.19 bits per heavy atom. The van der Waals surface area contributed by atoms with Crippen LogP contribution < -0.4 is 10.6 Å². The van der Waals surface area contributed by atoms with Crippen LogP contribution in [0.4, 0.5) is 18.9 Å². The molecular weight excluding hydrogens is 309 g/mol. The number of alkyl halides is 3. The highest BCUT2D eigenvalue weighted by Crippen LogP contribution is 2.31. The fourth-order valence-corrected chi connectivity index (χ4v) is 2.46. The Balaban J connectivity index is 3.00. The molecule has 0 radical (unpaired) electrons. The molecule has 0 saturated carbocycles. The van der Waals surface area contributed by atoms with E-state index in [1.54, 1.807) is 4.90 Å². The number of halogens is 3. The number of methoxy groups -OCH3 is 1. The topological polar surface area (TPSA) is 72.6 Å². The van der Waals surface area contributed by atoms with E-state index in [-0.39, 0.29) is 0 Å². The van der Waals surface area contributed by atoms with Crippen LogP contribution in [0.25, 0.3) is 0 Å². The number of rotatable bonds is 7. The van der Waals surface area contributed by atoms with Crippen molar-refractivity contribution in [2.24, 2.45) is 5.73 Å². The smallest absolute Gasteiger partial charge is 0.383 e. The first kappa shape index (κ1) is 17.7. The average molecular weight is 326 g/mol. The molecule has 2 N–H and O–H groups in total. The highest BCUT2D eigenvalue weighted by molar-refractivity contribution is 7.92. The van der Waals surface area contributed by atoms with Gasteiger partial charge in [-0.15, -0.1) is 0 Å². The Morgan fingerprint density at radius 2 is 1.76 bits per heavy atom. The molecule has 0 amide bonds. The minimum absolute atomic E-state index is 0.353. The maximum Gasteiger partial charge on any atom is 0.501 e. The Hall–Kier alpha value is -1.32.